The minimum Gasteiger partial charge on any atom is -0.316 e. The van der Waals surface area contributed by atoms with Crippen molar-refractivity contribution < 1.29 is 4.79 Å². The fourth-order valence-electron chi connectivity index (χ4n) is 1.94. The molecule has 0 unspecified atom stereocenters. The van der Waals surface area contributed by atoms with E-state index in [1.165, 1.54) is 0 Å². The van der Waals surface area contributed by atoms with Crippen LogP contribution >= 0.6 is 34.2 Å². The number of hydrogen-bond donors (Lipinski definition) is 0. The van der Waals surface area contributed by atoms with Crippen molar-refractivity contribution in [3.05, 3.63) is 49.8 Å². The summed E-state index contributed by atoms with van der Waals surface area (Å²) in [6.07, 6.45) is 0.874. The van der Waals surface area contributed by atoms with Gasteiger partial charge in [0.05, 0.1) is 10.7 Å². The third kappa shape index (κ3) is 2.26. The average molecular weight is 360 g/mol. The van der Waals surface area contributed by atoms with E-state index in [2.05, 4.69) is 22.6 Å². The maximum atomic E-state index is 10.9. The van der Waals surface area contributed by atoms with Gasteiger partial charge in [0.2, 0.25) is 0 Å². The molecule has 0 saturated carbocycles. The first-order valence-corrected chi connectivity index (χ1v) is 6.60. The van der Waals surface area contributed by atoms with E-state index >= 15 is 0 Å². The number of aldehydes is 1. The summed E-state index contributed by atoms with van der Waals surface area (Å²) >= 11 is 8.47. The number of hydrogen-bond acceptors (Lipinski definition) is 1. The Kier molecular flexibility index (Phi) is 3.58. The second-order valence-corrected chi connectivity index (χ2v) is 5.53. The summed E-state index contributed by atoms with van der Waals surface area (Å²) in [4.78, 5) is 10.9. The normalized spacial score (nSPS) is 10.6. The van der Waals surface area contributed by atoms with Gasteiger partial charge in [0.25, 0.3) is 0 Å². The van der Waals surface area contributed by atoms with Gasteiger partial charge in [0.1, 0.15) is 0 Å². The van der Waals surface area contributed by atoms with Gasteiger partial charge in [0, 0.05) is 20.5 Å². The molecule has 0 aliphatic rings. The summed E-state index contributed by atoms with van der Waals surface area (Å²) in [6, 6.07) is 7.76. The number of aryl methyl sites for hydroxylation is 1. The largest absolute Gasteiger partial charge is 0.316 e. The van der Waals surface area contributed by atoms with Crippen LogP contribution in [0.25, 0.3) is 5.69 Å². The zero-order valence-electron chi connectivity index (χ0n) is 9.50. The van der Waals surface area contributed by atoms with Crippen LogP contribution in [0.3, 0.4) is 0 Å². The fraction of sp³-hybridized carbons (Fsp3) is 0.154. The molecule has 0 aliphatic carbocycles. The molecule has 0 fully saturated rings. The highest BCUT2D eigenvalue weighted by molar-refractivity contribution is 14.1. The zero-order valence-corrected chi connectivity index (χ0v) is 12.4. The summed E-state index contributed by atoms with van der Waals surface area (Å²) in [6.45, 7) is 3.89. The molecule has 17 heavy (non-hydrogen) atoms. The molecule has 1 aromatic heterocycles. The number of rotatable bonds is 2. The van der Waals surface area contributed by atoms with Crippen LogP contribution in [0.5, 0.6) is 0 Å². The Bertz CT molecular complexity index is 589. The molecule has 2 nitrogen and oxygen atoms in total. The molecule has 0 aliphatic heterocycles. The van der Waals surface area contributed by atoms with E-state index in [4.69, 9.17) is 11.6 Å². The van der Waals surface area contributed by atoms with Crippen molar-refractivity contribution in [1.82, 2.24) is 4.57 Å². The van der Waals surface area contributed by atoms with Gasteiger partial charge in [-0.05, 0) is 60.7 Å². The summed E-state index contributed by atoms with van der Waals surface area (Å²) in [5, 5.41) is 0.691. The number of halogens is 2. The molecule has 1 heterocycles. The lowest BCUT2D eigenvalue weighted by Gasteiger charge is -2.11. The standard InChI is InChI=1S/C13H11ClINO/c1-8-5-10(7-17)9(2)16(8)13-4-3-11(15)6-12(13)14/h3-7H,1-2H3. The Labute approximate surface area is 119 Å². The van der Waals surface area contributed by atoms with E-state index in [0.717, 1.165) is 26.9 Å². The molecule has 2 aromatic rings. The topological polar surface area (TPSA) is 22.0 Å². The van der Waals surface area contributed by atoms with Crippen molar-refractivity contribution in [3.8, 4) is 5.69 Å². The molecule has 0 N–H and O–H groups in total. The van der Waals surface area contributed by atoms with E-state index in [9.17, 15) is 4.79 Å². The van der Waals surface area contributed by atoms with Crippen LogP contribution in [0, 0.1) is 17.4 Å². The van der Waals surface area contributed by atoms with E-state index in [1.807, 2.05) is 42.7 Å². The van der Waals surface area contributed by atoms with Gasteiger partial charge in [-0.25, -0.2) is 0 Å². The molecular weight excluding hydrogens is 349 g/mol. The number of carbonyl (C=O) groups excluding carboxylic acids is 1. The lowest BCUT2D eigenvalue weighted by Crippen LogP contribution is -2.00. The second-order valence-electron chi connectivity index (χ2n) is 3.88. The van der Waals surface area contributed by atoms with Crippen molar-refractivity contribution >= 4 is 40.5 Å². The highest BCUT2D eigenvalue weighted by Gasteiger charge is 2.12. The van der Waals surface area contributed by atoms with Crippen LogP contribution in [-0.2, 0) is 0 Å². The van der Waals surface area contributed by atoms with E-state index in [1.54, 1.807) is 0 Å². The summed E-state index contributed by atoms with van der Waals surface area (Å²) in [5.74, 6) is 0. The highest BCUT2D eigenvalue weighted by Crippen LogP contribution is 2.27. The maximum absolute atomic E-state index is 10.9. The lowest BCUT2D eigenvalue weighted by molar-refractivity contribution is 0.112. The molecule has 0 saturated heterocycles. The molecule has 2 rings (SSSR count). The van der Waals surface area contributed by atoms with Crippen LogP contribution in [0.2, 0.25) is 5.02 Å². The van der Waals surface area contributed by atoms with Crippen LogP contribution in [-0.4, -0.2) is 10.9 Å². The van der Waals surface area contributed by atoms with Gasteiger partial charge in [0.15, 0.2) is 6.29 Å². The minimum atomic E-state index is 0.691. The fourth-order valence-corrected chi connectivity index (χ4v) is 2.88. The van der Waals surface area contributed by atoms with Crippen molar-refractivity contribution in [3.63, 3.8) is 0 Å². The zero-order chi connectivity index (χ0) is 12.6. The maximum Gasteiger partial charge on any atom is 0.151 e. The Morgan fingerprint density at radius 2 is 2.00 bits per heavy atom. The third-order valence-electron chi connectivity index (χ3n) is 2.75. The molecular formula is C13H11ClINO. The van der Waals surface area contributed by atoms with Gasteiger partial charge in [-0.1, -0.05) is 11.6 Å². The van der Waals surface area contributed by atoms with Gasteiger partial charge in [-0.3, -0.25) is 4.79 Å². The number of benzene rings is 1. The Morgan fingerprint density at radius 3 is 2.53 bits per heavy atom. The molecule has 88 valence electrons. The predicted molar refractivity (Wildman–Crippen MR) is 78.4 cm³/mol. The first kappa shape index (κ1) is 12.6. The summed E-state index contributed by atoms with van der Waals surface area (Å²) < 4.78 is 3.09. The molecule has 4 heteroatoms. The monoisotopic (exact) mass is 359 g/mol. The first-order chi connectivity index (χ1) is 8.04. The predicted octanol–water partition coefficient (Wildman–Crippen LogP) is 4.16. The number of aromatic nitrogens is 1. The van der Waals surface area contributed by atoms with E-state index in [0.29, 0.717) is 10.6 Å². The van der Waals surface area contributed by atoms with Crippen LogP contribution in [0.4, 0.5) is 0 Å². The Hall–Kier alpha value is -0.810. The van der Waals surface area contributed by atoms with Crippen molar-refractivity contribution in [2.45, 2.75) is 13.8 Å². The average Bonchev–Trinajstić information content (AvgIpc) is 2.55. The Balaban J connectivity index is 2.68. The number of carbonyl (C=O) groups is 1. The molecule has 0 atom stereocenters. The molecule has 0 spiro atoms. The lowest BCUT2D eigenvalue weighted by atomic mass is 10.2. The van der Waals surface area contributed by atoms with Crippen molar-refractivity contribution in [2.75, 3.05) is 0 Å². The van der Waals surface area contributed by atoms with Gasteiger partial charge >= 0.3 is 0 Å². The van der Waals surface area contributed by atoms with Crippen molar-refractivity contribution in [2.24, 2.45) is 0 Å². The molecule has 0 bridgehead atoms. The van der Waals surface area contributed by atoms with Crippen molar-refractivity contribution in [1.29, 1.82) is 0 Å². The quantitative estimate of drug-likeness (QED) is 0.583. The molecule has 0 radical (unpaired) electrons. The Morgan fingerprint density at radius 1 is 1.29 bits per heavy atom. The third-order valence-corrected chi connectivity index (χ3v) is 3.72. The molecule has 1 aromatic carbocycles. The SMILES string of the molecule is Cc1cc(C=O)c(C)n1-c1ccc(I)cc1Cl. The molecule has 0 amide bonds. The summed E-state index contributed by atoms with van der Waals surface area (Å²) in [5.41, 5.74) is 3.54. The van der Waals surface area contributed by atoms with Gasteiger partial charge in [-0.2, -0.15) is 0 Å². The first-order valence-electron chi connectivity index (χ1n) is 5.14. The van der Waals surface area contributed by atoms with E-state index < -0.39 is 0 Å². The van der Waals surface area contributed by atoms with Crippen LogP contribution in [0.1, 0.15) is 21.7 Å². The number of nitrogens with zero attached hydrogens (tertiary/aromatic N) is 1. The second kappa shape index (κ2) is 4.82. The smallest absolute Gasteiger partial charge is 0.151 e. The highest BCUT2D eigenvalue weighted by atomic mass is 127. The van der Waals surface area contributed by atoms with Gasteiger partial charge in [-0.15, -0.1) is 0 Å². The van der Waals surface area contributed by atoms with Gasteiger partial charge < -0.3 is 4.57 Å². The minimum absolute atomic E-state index is 0.691. The van der Waals surface area contributed by atoms with Crippen LogP contribution in [0.15, 0.2) is 24.3 Å². The van der Waals surface area contributed by atoms with E-state index in [-0.39, 0.29) is 0 Å². The van der Waals surface area contributed by atoms with Crippen LogP contribution < -0.4 is 0 Å². The summed E-state index contributed by atoms with van der Waals surface area (Å²) in [7, 11) is 0.